The zero-order valence-electron chi connectivity index (χ0n) is 17.4. The fourth-order valence-electron chi connectivity index (χ4n) is 3.85. The molecule has 4 N–H and O–H groups in total. The largest absolute Gasteiger partial charge is 0.445 e. The summed E-state index contributed by atoms with van der Waals surface area (Å²) in [5.74, 6) is -0.213. The Morgan fingerprint density at radius 1 is 1.06 bits per heavy atom. The molecule has 6 heteroatoms. The van der Waals surface area contributed by atoms with Gasteiger partial charge < -0.3 is 21.1 Å². The van der Waals surface area contributed by atoms with Gasteiger partial charge in [0.05, 0.1) is 17.4 Å². The number of alkyl carbamates (subject to hydrolysis) is 1. The summed E-state index contributed by atoms with van der Waals surface area (Å²) < 4.78 is 5.37. The van der Waals surface area contributed by atoms with Gasteiger partial charge in [-0.1, -0.05) is 48.0 Å². The van der Waals surface area contributed by atoms with Crippen LogP contribution >= 0.6 is 0 Å². The molecule has 0 bridgehead atoms. The summed E-state index contributed by atoms with van der Waals surface area (Å²) in [6, 6.07) is 20.4. The first-order valence-electron chi connectivity index (χ1n) is 10.3. The molecule has 1 aliphatic carbocycles. The van der Waals surface area contributed by atoms with Crippen molar-refractivity contribution in [3.05, 3.63) is 94.5 Å². The fraction of sp³-hybridized carbons (Fsp3) is 0.200. The number of ether oxygens (including phenoxy) is 1. The van der Waals surface area contributed by atoms with Crippen LogP contribution in [0.5, 0.6) is 0 Å². The van der Waals surface area contributed by atoms with Gasteiger partial charge in [-0.05, 0) is 60.7 Å². The van der Waals surface area contributed by atoms with E-state index in [4.69, 9.17) is 10.5 Å². The SMILES string of the molecule is Cc1cccc(COC(=O)NC2CCc3cc(C(=O)Nc4ccccc4N)ccc32)c1. The summed E-state index contributed by atoms with van der Waals surface area (Å²) in [7, 11) is 0. The molecule has 0 aromatic heterocycles. The van der Waals surface area contributed by atoms with Gasteiger partial charge in [-0.3, -0.25) is 4.79 Å². The lowest BCUT2D eigenvalue weighted by atomic mass is 10.0. The summed E-state index contributed by atoms with van der Waals surface area (Å²) in [6.45, 7) is 2.23. The highest BCUT2D eigenvalue weighted by Gasteiger charge is 2.25. The van der Waals surface area contributed by atoms with E-state index in [1.165, 1.54) is 0 Å². The van der Waals surface area contributed by atoms with Crippen molar-refractivity contribution in [1.82, 2.24) is 5.32 Å². The second-order valence-corrected chi connectivity index (χ2v) is 7.76. The van der Waals surface area contributed by atoms with Crippen molar-refractivity contribution < 1.29 is 14.3 Å². The lowest BCUT2D eigenvalue weighted by molar-refractivity contribution is 0.102. The van der Waals surface area contributed by atoms with Gasteiger partial charge in [0, 0.05) is 5.56 Å². The van der Waals surface area contributed by atoms with E-state index < -0.39 is 6.09 Å². The quantitative estimate of drug-likeness (QED) is 0.525. The molecule has 3 aromatic carbocycles. The lowest BCUT2D eigenvalue weighted by Crippen LogP contribution is -2.27. The number of rotatable bonds is 5. The van der Waals surface area contributed by atoms with Crippen LogP contribution in [0.1, 0.15) is 45.1 Å². The predicted octanol–water partition coefficient (Wildman–Crippen LogP) is 4.74. The van der Waals surface area contributed by atoms with Gasteiger partial charge in [-0.2, -0.15) is 0 Å². The second kappa shape index (κ2) is 8.92. The van der Waals surface area contributed by atoms with Crippen LogP contribution in [0.2, 0.25) is 0 Å². The molecule has 0 saturated carbocycles. The van der Waals surface area contributed by atoms with E-state index in [1.54, 1.807) is 18.2 Å². The highest BCUT2D eigenvalue weighted by Crippen LogP contribution is 2.32. The number of aryl methyl sites for hydroxylation is 2. The molecule has 3 aromatic rings. The Morgan fingerprint density at radius 3 is 2.71 bits per heavy atom. The second-order valence-electron chi connectivity index (χ2n) is 7.76. The van der Waals surface area contributed by atoms with Gasteiger partial charge in [0.15, 0.2) is 0 Å². The molecule has 0 saturated heterocycles. The summed E-state index contributed by atoms with van der Waals surface area (Å²) in [6.07, 6.45) is 1.11. The van der Waals surface area contributed by atoms with Crippen LogP contribution in [0.3, 0.4) is 0 Å². The molecule has 0 fully saturated rings. The van der Waals surface area contributed by atoms with Crippen LogP contribution in [0, 0.1) is 6.92 Å². The van der Waals surface area contributed by atoms with E-state index >= 15 is 0 Å². The third-order valence-corrected chi connectivity index (χ3v) is 5.44. The number of carbonyl (C=O) groups excluding carboxylic acids is 2. The maximum Gasteiger partial charge on any atom is 0.407 e. The molecule has 31 heavy (non-hydrogen) atoms. The highest BCUT2D eigenvalue weighted by atomic mass is 16.5. The zero-order valence-corrected chi connectivity index (χ0v) is 17.4. The van der Waals surface area contributed by atoms with Crippen LogP contribution in [0.25, 0.3) is 0 Å². The highest BCUT2D eigenvalue weighted by molar-refractivity contribution is 6.05. The van der Waals surface area contributed by atoms with Crippen molar-refractivity contribution in [1.29, 1.82) is 0 Å². The number of anilines is 2. The van der Waals surface area contributed by atoms with Crippen molar-refractivity contribution in [3.63, 3.8) is 0 Å². The number of fused-ring (bicyclic) bond motifs is 1. The molecule has 0 aliphatic heterocycles. The average molecular weight is 415 g/mol. The molecule has 1 unspecified atom stereocenters. The number of nitrogen functional groups attached to an aromatic ring is 1. The standard InChI is InChI=1S/C25H25N3O3/c1-16-5-4-6-17(13-16)15-31-25(30)28-22-12-10-18-14-19(9-11-20(18)22)24(29)27-23-8-3-2-7-21(23)26/h2-9,11,13-14,22H,10,12,15,26H2,1H3,(H,27,29)(H,28,30). The lowest BCUT2D eigenvalue weighted by Gasteiger charge is -2.15. The van der Waals surface area contributed by atoms with Crippen LogP contribution in [-0.2, 0) is 17.8 Å². The van der Waals surface area contributed by atoms with Gasteiger partial charge in [0.25, 0.3) is 5.91 Å². The summed E-state index contributed by atoms with van der Waals surface area (Å²) in [4.78, 5) is 24.9. The Kier molecular flexibility index (Phi) is 5.89. The minimum absolute atomic E-state index is 0.123. The summed E-state index contributed by atoms with van der Waals surface area (Å²) in [5.41, 5.74) is 11.7. The summed E-state index contributed by atoms with van der Waals surface area (Å²) in [5, 5.41) is 5.78. The van der Waals surface area contributed by atoms with Crippen LogP contribution in [0.4, 0.5) is 16.2 Å². The molecular formula is C25H25N3O3. The Balaban J connectivity index is 1.37. The number of para-hydroxylation sites is 2. The molecule has 0 heterocycles. The molecule has 0 radical (unpaired) electrons. The Bertz CT molecular complexity index is 1130. The maximum atomic E-state index is 12.6. The van der Waals surface area contributed by atoms with Crippen molar-refractivity contribution in [2.75, 3.05) is 11.1 Å². The molecule has 6 nitrogen and oxygen atoms in total. The number of hydrogen-bond donors (Lipinski definition) is 3. The molecule has 158 valence electrons. The minimum atomic E-state index is -0.444. The maximum absolute atomic E-state index is 12.6. The molecule has 1 aliphatic rings. The van der Waals surface area contributed by atoms with E-state index in [-0.39, 0.29) is 18.6 Å². The van der Waals surface area contributed by atoms with Gasteiger partial charge in [-0.15, -0.1) is 0 Å². The van der Waals surface area contributed by atoms with E-state index in [2.05, 4.69) is 10.6 Å². The van der Waals surface area contributed by atoms with Crippen molar-refractivity contribution in [2.24, 2.45) is 0 Å². The number of benzene rings is 3. The van der Waals surface area contributed by atoms with Crippen LogP contribution < -0.4 is 16.4 Å². The zero-order chi connectivity index (χ0) is 21.8. The molecular weight excluding hydrogens is 390 g/mol. The van der Waals surface area contributed by atoms with Crippen LogP contribution in [-0.4, -0.2) is 12.0 Å². The smallest absolute Gasteiger partial charge is 0.407 e. The predicted molar refractivity (Wildman–Crippen MR) is 121 cm³/mol. The number of hydrogen-bond acceptors (Lipinski definition) is 4. The first-order valence-corrected chi connectivity index (χ1v) is 10.3. The summed E-state index contributed by atoms with van der Waals surface area (Å²) >= 11 is 0. The van der Waals surface area contributed by atoms with Gasteiger partial charge >= 0.3 is 6.09 Å². The fourth-order valence-corrected chi connectivity index (χ4v) is 3.85. The van der Waals surface area contributed by atoms with E-state index in [0.29, 0.717) is 16.9 Å². The number of carbonyl (C=O) groups is 2. The van der Waals surface area contributed by atoms with E-state index in [0.717, 1.165) is 35.1 Å². The third kappa shape index (κ3) is 4.86. The van der Waals surface area contributed by atoms with E-state index in [1.807, 2.05) is 55.5 Å². The van der Waals surface area contributed by atoms with Gasteiger partial charge in [0.2, 0.25) is 0 Å². The van der Waals surface area contributed by atoms with Crippen molar-refractivity contribution in [2.45, 2.75) is 32.4 Å². The average Bonchev–Trinajstić information content (AvgIpc) is 3.16. The van der Waals surface area contributed by atoms with Crippen molar-refractivity contribution in [3.8, 4) is 0 Å². The van der Waals surface area contributed by atoms with Gasteiger partial charge in [0.1, 0.15) is 6.61 Å². The minimum Gasteiger partial charge on any atom is -0.445 e. The number of nitrogens with one attached hydrogen (secondary N) is 2. The molecule has 0 spiro atoms. The Hall–Kier alpha value is -3.80. The van der Waals surface area contributed by atoms with Crippen molar-refractivity contribution >= 4 is 23.4 Å². The van der Waals surface area contributed by atoms with Gasteiger partial charge in [-0.25, -0.2) is 4.79 Å². The third-order valence-electron chi connectivity index (χ3n) is 5.44. The number of amides is 2. The number of nitrogens with two attached hydrogens (primary N) is 1. The molecule has 4 rings (SSSR count). The Labute approximate surface area is 181 Å². The Morgan fingerprint density at radius 2 is 1.90 bits per heavy atom. The molecule has 2 amide bonds. The topological polar surface area (TPSA) is 93.4 Å². The first-order chi connectivity index (χ1) is 15.0. The monoisotopic (exact) mass is 415 g/mol. The normalized spacial score (nSPS) is 14.5. The van der Waals surface area contributed by atoms with Crippen LogP contribution in [0.15, 0.2) is 66.7 Å². The molecule has 1 atom stereocenters. The first kappa shape index (κ1) is 20.5. The van der Waals surface area contributed by atoms with E-state index in [9.17, 15) is 9.59 Å².